The van der Waals surface area contributed by atoms with Gasteiger partial charge in [0.2, 0.25) is 35.4 Å². The van der Waals surface area contributed by atoms with Crippen molar-refractivity contribution in [3.05, 3.63) is 34.9 Å². The Bertz CT molecular complexity index is 3270. The summed E-state index contributed by atoms with van der Waals surface area (Å²) in [5, 5.41) is 33.7. The van der Waals surface area contributed by atoms with Crippen LogP contribution in [0.2, 0.25) is 0 Å². The molecule has 1 saturated heterocycles. The summed E-state index contributed by atoms with van der Waals surface area (Å²) in [7, 11) is 1.64. The van der Waals surface area contributed by atoms with Gasteiger partial charge in [-0.3, -0.25) is 42.9 Å². The van der Waals surface area contributed by atoms with Gasteiger partial charge in [-0.15, -0.1) is 0 Å². The Morgan fingerprint density at radius 2 is 0.773 bits per heavy atom. The molecule has 1 aromatic carbocycles. The maximum absolute atomic E-state index is 14.6. The number of methoxy groups -OCH3 is 1. The number of unbranched alkanes of at least 4 members (excludes halogenated alkanes) is 17. The molecular formula is C91H159N9O28. The van der Waals surface area contributed by atoms with E-state index in [9.17, 15) is 58.2 Å². The predicted octanol–water partition coefficient (Wildman–Crippen LogP) is 6.96. The van der Waals surface area contributed by atoms with Gasteiger partial charge in [0.15, 0.2) is 0 Å². The number of nitrogens with one attached hydrogen (secondary N) is 5. The van der Waals surface area contributed by atoms with E-state index in [0.717, 1.165) is 31.4 Å². The molecule has 128 heavy (non-hydrogen) atoms. The maximum Gasteiger partial charge on any atom is 0.326 e. The lowest BCUT2D eigenvalue weighted by molar-refractivity contribution is -0.143. The highest BCUT2D eigenvalue weighted by atomic mass is 16.6. The average molecular weight is 1830 g/mol. The molecule has 0 radical (unpaired) electrons. The number of rotatable bonds is 90. The van der Waals surface area contributed by atoms with Crippen LogP contribution >= 0.6 is 0 Å². The van der Waals surface area contributed by atoms with Gasteiger partial charge < -0.3 is 122 Å². The molecule has 6 amide bonds. The zero-order valence-electron chi connectivity index (χ0n) is 77.7. The first-order valence-corrected chi connectivity index (χ1v) is 47.0. The van der Waals surface area contributed by atoms with E-state index in [1.54, 1.807) is 31.1 Å². The molecule has 0 saturated carbocycles. The fourth-order valence-electron chi connectivity index (χ4n) is 13.5. The fraction of sp³-hybridized carbons (Fsp3) is 0.813. The van der Waals surface area contributed by atoms with Gasteiger partial charge in [-0.25, -0.2) is 14.6 Å². The van der Waals surface area contributed by atoms with Gasteiger partial charge in [-0.1, -0.05) is 130 Å². The molecule has 1 aliphatic rings. The third kappa shape index (κ3) is 60.8. The third-order valence-electron chi connectivity index (χ3n) is 21.0. The summed E-state index contributed by atoms with van der Waals surface area (Å²) < 4.78 is 89.0. The van der Waals surface area contributed by atoms with Gasteiger partial charge in [-0.05, 0) is 69.6 Å². The van der Waals surface area contributed by atoms with E-state index in [-0.39, 0.29) is 94.7 Å². The highest BCUT2D eigenvalue weighted by Gasteiger charge is 2.34. The van der Waals surface area contributed by atoms with E-state index in [1.807, 2.05) is 17.9 Å². The summed E-state index contributed by atoms with van der Waals surface area (Å²) in [5.74, 6) is -6.66. The van der Waals surface area contributed by atoms with E-state index < -0.39 is 78.5 Å². The second-order valence-electron chi connectivity index (χ2n) is 31.6. The maximum atomic E-state index is 14.6. The number of carbonyl (C=O) groups is 9. The van der Waals surface area contributed by atoms with Crippen molar-refractivity contribution in [2.75, 3.05) is 250 Å². The van der Waals surface area contributed by atoms with Crippen molar-refractivity contribution >= 4 is 69.8 Å². The molecule has 37 heteroatoms. The molecule has 0 bridgehead atoms. The van der Waals surface area contributed by atoms with E-state index in [0.29, 0.717) is 241 Å². The number of amides is 6. The standard InChI is InChI=1S/C91H159N9O28/c1-6-8-9-10-11-12-13-14-15-16-17-18-19-20-21-22-23-27-83(103)94-80(90(109)110)30-32-84(104)95-81(91(111)112)31-33-85(105)97-86(74(3)7-2)87(106)96-79(89(108)99-38-36-98(37-39-99)76-28-29-78-77(71-76)88(107)100(73-93-78)72-75(4)101)26-24-25-35-92-82(102)34-40-114-43-44-116-47-48-118-51-52-120-55-56-122-59-60-124-63-64-126-67-68-128-70-69-127-66-65-125-62-61-123-58-57-121-54-53-119-50-49-117-46-45-115-42-41-113-5/h28-29,71,73-74,79-81,86H,6-27,30-70,72H2,1-5H3,(H,92,102)(H,94,103)(H,95,104)(H,96,106)(H,97,105)(H,109,110)(H,111,112)/t74-,79-,80-,81-,86-/m0/s1. The van der Waals surface area contributed by atoms with E-state index >= 15 is 0 Å². The number of nitrogens with zero attached hydrogens (tertiary/aromatic N) is 4. The molecule has 0 aliphatic carbocycles. The number of piperazine rings is 1. The van der Waals surface area contributed by atoms with Crippen LogP contribution in [0.4, 0.5) is 5.69 Å². The van der Waals surface area contributed by atoms with Gasteiger partial charge in [0.1, 0.15) is 30.0 Å². The number of carboxylic acids is 2. The lowest BCUT2D eigenvalue weighted by Gasteiger charge is -2.38. The first-order valence-electron chi connectivity index (χ1n) is 47.0. The summed E-state index contributed by atoms with van der Waals surface area (Å²) in [5.41, 5.74) is 0.826. The molecule has 7 N–H and O–H groups in total. The van der Waals surface area contributed by atoms with Crippen LogP contribution < -0.4 is 37.0 Å². The van der Waals surface area contributed by atoms with Crippen molar-refractivity contribution in [1.29, 1.82) is 0 Å². The number of aliphatic carboxylic acids is 2. The average Bonchev–Trinajstić information content (AvgIpc) is 0.790. The van der Waals surface area contributed by atoms with Crippen LogP contribution in [-0.2, 0) is 125 Å². The number of hydrogen-bond donors (Lipinski definition) is 7. The van der Waals surface area contributed by atoms with Gasteiger partial charge in [0, 0.05) is 71.2 Å². The largest absolute Gasteiger partial charge is 0.480 e. The van der Waals surface area contributed by atoms with Crippen molar-refractivity contribution in [3.8, 4) is 0 Å². The highest BCUT2D eigenvalue weighted by Crippen LogP contribution is 2.23. The minimum absolute atomic E-state index is 0.0943. The molecule has 736 valence electrons. The second kappa shape index (κ2) is 79.7. The number of anilines is 1. The lowest BCUT2D eigenvalue weighted by atomic mass is 9.97. The van der Waals surface area contributed by atoms with Crippen LogP contribution in [0.25, 0.3) is 10.9 Å². The Morgan fingerprint density at radius 3 is 1.15 bits per heavy atom. The lowest BCUT2D eigenvalue weighted by Crippen LogP contribution is -2.58. The second-order valence-corrected chi connectivity index (χ2v) is 31.6. The Balaban J connectivity index is 1.28. The van der Waals surface area contributed by atoms with Crippen molar-refractivity contribution in [3.63, 3.8) is 0 Å². The minimum atomic E-state index is -1.56. The zero-order valence-corrected chi connectivity index (χ0v) is 77.7. The van der Waals surface area contributed by atoms with Crippen molar-refractivity contribution in [1.82, 2.24) is 41.0 Å². The van der Waals surface area contributed by atoms with Gasteiger partial charge in [0.05, 0.1) is 229 Å². The molecule has 1 aromatic heterocycles. The number of ether oxygens (including phenoxy) is 16. The molecule has 2 aromatic rings. The number of carboxylic acid groups (broad SMARTS) is 2. The Hall–Kier alpha value is -7.05. The van der Waals surface area contributed by atoms with Crippen LogP contribution in [0.3, 0.4) is 0 Å². The fourth-order valence-corrected chi connectivity index (χ4v) is 13.5. The SMILES string of the molecule is CCCCCCCCCCCCCCCCCCCC(=O)N[C@@H](CCC(=O)N[C@@H](CCC(=O)N[C@H](C(=O)N[C@@H](CCCCNC(=O)CCOCCOCCOCCOCCOCCOCCOCCOCCOCCOCCOCCOCCOCCOCCOCCOC)C(=O)N1CCN(c2ccc3ncn(CC(C)=O)c(=O)c3c2)CC1)[C@@H](C)CC)C(=O)O)C(=O)O. The van der Waals surface area contributed by atoms with Gasteiger partial charge >= 0.3 is 11.9 Å². The highest BCUT2D eigenvalue weighted by molar-refractivity contribution is 5.93. The number of Topliss-reactive ketones (excluding diaryl/α,β-unsaturated/α-hetero) is 1. The number of benzene rings is 1. The van der Waals surface area contributed by atoms with Crippen molar-refractivity contribution < 1.29 is 129 Å². The molecule has 37 nitrogen and oxygen atoms in total. The van der Waals surface area contributed by atoms with Crippen molar-refractivity contribution in [2.24, 2.45) is 5.92 Å². The Labute approximate surface area is 758 Å². The molecule has 3 rings (SSSR count). The summed E-state index contributed by atoms with van der Waals surface area (Å²) in [6, 6.07) is 0.110. The topological polar surface area (TPSA) is 443 Å². The van der Waals surface area contributed by atoms with Crippen molar-refractivity contribution in [2.45, 2.75) is 232 Å². The number of hydrogen-bond acceptors (Lipinski definition) is 28. The zero-order chi connectivity index (χ0) is 92.8. The smallest absolute Gasteiger partial charge is 0.326 e. The van der Waals surface area contributed by atoms with Crippen LogP contribution in [0.15, 0.2) is 29.3 Å². The molecule has 0 unspecified atom stereocenters. The quantitative estimate of drug-likeness (QED) is 0.0329. The van der Waals surface area contributed by atoms with Gasteiger partial charge in [-0.2, -0.15) is 0 Å². The van der Waals surface area contributed by atoms with Crippen LogP contribution in [-0.4, -0.2) is 347 Å². The first kappa shape index (κ1) is 115. The summed E-state index contributed by atoms with van der Waals surface area (Å²) in [6.45, 7) is 22.2. The third-order valence-corrected chi connectivity index (χ3v) is 21.0. The van der Waals surface area contributed by atoms with Gasteiger partial charge in [0.25, 0.3) is 5.56 Å². The summed E-state index contributed by atoms with van der Waals surface area (Å²) >= 11 is 0. The number of ketones is 1. The van der Waals surface area contributed by atoms with Crippen LogP contribution in [0.1, 0.15) is 201 Å². The van der Waals surface area contributed by atoms with Crippen LogP contribution in [0, 0.1) is 5.92 Å². The summed E-state index contributed by atoms with van der Waals surface area (Å²) in [4.78, 5) is 139. The normalized spacial score (nSPS) is 13.4. The number of carbonyl (C=O) groups excluding carboxylic acids is 7. The number of fused-ring (bicyclic) bond motifs is 1. The van der Waals surface area contributed by atoms with Crippen LogP contribution in [0.5, 0.6) is 0 Å². The van der Waals surface area contributed by atoms with E-state index in [2.05, 4.69) is 38.5 Å². The predicted molar refractivity (Wildman–Crippen MR) is 481 cm³/mol. The monoisotopic (exact) mass is 1830 g/mol. The number of aromatic nitrogens is 2. The molecule has 1 aliphatic heterocycles. The molecule has 1 fully saturated rings. The Kier molecular flexibility index (Phi) is 71.7. The molecule has 2 heterocycles. The molecular weight excluding hydrogens is 1670 g/mol. The molecule has 0 spiro atoms. The minimum Gasteiger partial charge on any atom is -0.480 e. The first-order chi connectivity index (χ1) is 62.4. The van der Waals surface area contributed by atoms with E-state index in [1.165, 1.54) is 94.9 Å². The summed E-state index contributed by atoms with van der Waals surface area (Å²) in [6.07, 6.45) is 21.7. The molecule has 5 atom stereocenters. The Morgan fingerprint density at radius 1 is 0.406 bits per heavy atom. The van der Waals surface area contributed by atoms with E-state index in [4.69, 9.17) is 75.8 Å².